The van der Waals surface area contributed by atoms with E-state index < -0.39 is 0 Å². The van der Waals surface area contributed by atoms with Gasteiger partial charge in [0.15, 0.2) is 0 Å². The summed E-state index contributed by atoms with van der Waals surface area (Å²) in [5, 5.41) is 0. The molecule has 0 fully saturated rings. The van der Waals surface area contributed by atoms with Crippen LogP contribution < -0.4 is 0 Å². The highest BCUT2D eigenvalue weighted by atomic mass is 79.9. The summed E-state index contributed by atoms with van der Waals surface area (Å²) in [7, 11) is 2.09. The molecule has 0 N–H and O–H groups in total. The number of unbranched alkanes of at least 4 members (excludes halogenated alkanes) is 18. The van der Waals surface area contributed by atoms with Crippen LogP contribution in [0.25, 0.3) is 23.5 Å². The molecule has 0 saturated heterocycles. The van der Waals surface area contributed by atoms with E-state index in [1.165, 1.54) is 168 Å². The van der Waals surface area contributed by atoms with Crippen molar-refractivity contribution in [3.05, 3.63) is 63.1 Å². The summed E-state index contributed by atoms with van der Waals surface area (Å²) in [4.78, 5) is 20.8. The molecular formula is C43H60Br2N2OS2. The van der Waals surface area contributed by atoms with Gasteiger partial charge >= 0.3 is 0 Å². The molecule has 0 atom stereocenters. The fourth-order valence-corrected chi connectivity index (χ4v) is 12.0. The minimum absolute atomic E-state index is 0.0871. The van der Waals surface area contributed by atoms with Crippen molar-refractivity contribution in [3.8, 4) is 0 Å². The van der Waals surface area contributed by atoms with Gasteiger partial charge in [-0.25, -0.2) is 0 Å². The lowest BCUT2D eigenvalue weighted by Gasteiger charge is -2.25. The molecule has 0 unspecified atom stereocenters. The normalized spacial score (nSPS) is 16.6. The predicted octanol–water partition coefficient (Wildman–Crippen LogP) is 15.1. The quantitative estimate of drug-likeness (QED) is 0.0871. The van der Waals surface area contributed by atoms with Gasteiger partial charge in [-0.1, -0.05) is 129 Å². The van der Waals surface area contributed by atoms with Crippen LogP contribution in [0.1, 0.15) is 181 Å². The maximum absolute atomic E-state index is 14.2. The molecule has 50 heavy (non-hydrogen) atoms. The molecular weight excluding hydrogens is 784 g/mol. The average Bonchev–Trinajstić information content (AvgIpc) is 3.69. The van der Waals surface area contributed by atoms with Gasteiger partial charge in [0.1, 0.15) is 0 Å². The first kappa shape index (κ1) is 39.8. The number of hydrogen-bond donors (Lipinski definition) is 0. The molecule has 0 saturated carbocycles. The van der Waals surface area contributed by atoms with Crippen LogP contribution in [0.3, 0.4) is 0 Å². The van der Waals surface area contributed by atoms with Crippen LogP contribution in [0.5, 0.6) is 0 Å². The number of carbonyl (C=O) groups excluding carboxylic acids is 1. The predicted molar refractivity (Wildman–Crippen MR) is 227 cm³/mol. The largest absolute Gasteiger partial charge is 0.349 e. The Morgan fingerprint density at radius 2 is 0.980 bits per heavy atom. The van der Waals surface area contributed by atoms with E-state index in [9.17, 15) is 4.79 Å². The van der Waals surface area contributed by atoms with E-state index in [4.69, 9.17) is 0 Å². The van der Waals surface area contributed by atoms with Gasteiger partial charge in [0.25, 0.3) is 5.91 Å². The molecule has 3 aliphatic heterocycles. The summed E-state index contributed by atoms with van der Waals surface area (Å²) in [6, 6.07) is 0. The van der Waals surface area contributed by atoms with E-state index in [2.05, 4.69) is 82.9 Å². The highest BCUT2D eigenvalue weighted by Crippen LogP contribution is 2.51. The van der Waals surface area contributed by atoms with E-state index in [0.29, 0.717) is 0 Å². The molecule has 1 amide bonds. The Bertz CT molecular complexity index is 1580. The third kappa shape index (κ3) is 9.57. The second kappa shape index (κ2) is 20.2. The van der Waals surface area contributed by atoms with Gasteiger partial charge in [-0.2, -0.15) is 0 Å². The molecule has 2 aromatic rings. The molecule has 0 aliphatic carbocycles. The van der Waals surface area contributed by atoms with Gasteiger partial charge in [0.2, 0.25) is 0 Å². The molecule has 0 spiro atoms. The molecule has 0 bridgehead atoms. The number of hydrogen-bond acceptors (Lipinski definition) is 4. The zero-order valence-corrected chi connectivity index (χ0v) is 36.0. The van der Waals surface area contributed by atoms with Gasteiger partial charge in [0, 0.05) is 30.6 Å². The molecule has 274 valence electrons. The third-order valence-corrected chi connectivity index (χ3v) is 14.9. The first-order chi connectivity index (χ1) is 24.4. The van der Waals surface area contributed by atoms with Crippen LogP contribution in [-0.4, -0.2) is 22.8 Å². The molecule has 3 nitrogen and oxygen atoms in total. The Labute approximate surface area is 328 Å². The Balaban J connectivity index is 1.25. The topological polar surface area (TPSA) is 23.6 Å². The van der Waals surface area contributed by atoms with Crippen LogP contribution in [0.2, 0.25) is 0 Å². The van der Waals surface area contributed by atoms with E-state index in [-0.39, 0.29) is 5.91 Å². The third-order valence-electron chi connectivity index (χ3n) is 10.8. The van der Waals surface area contributed by atoms with Crippen molar-refractivity contribution in [2.45, 2.75) is 162 Å². The van der Waals surface area contributed by atoms with Crippen molar-refractivity contribution in [3.63, 3.8) is 0 Å². The van der Waals surface area contributed by atoms with E-state index in [1.807, 2.05) is 11.1 Å². The molecule has 0 radical (unpaired) electrons. The monoisotopic (exact) mass is 842 g/mol. The van der Waals surface area contributed by atoms with Crippen LogP contribution >= 0.6 is 54.5 Å². The highest BCUT2D eigenvalue weighted by molar-refractivity contribution is 9.11. The number of fused-ring (bicyclic) bond motifs is 4. The molecule has 5 heterocycles. The molecule has 3 aliphatic rings. The van der Waals surface area contributed by atoms with Crippen molar-refractivity contribution < 1.29 is 4.79 Å². The Morgan fingerprint density at radius 1 is 0.580 bits per heavy atom. The summed E-state index contributed by atoms with van der Waals surface area (Å²) in [5.41, 5.74) is 9.45. The van der Waals surface area contributed by atoms with Gasteiger partial charge in [-0.15, -0.1) is 22.7 Å². The SMILES string of the molecule is CCCCCCCCCCCCc1c(Br)sc2c1C=CN1C(=O)/C(=C3\c4sc(Br)c(CCCCCCCCCCCC)c4C=CN3C)C(C)=C21. The summed E-state index contributed by atoms with van der Waals surface area (Å²) in [6.45, 7) is 6.74. The Kier molecular flexibility index (Phi) is 16.0. The zero-order valence-electron chi connectivity index (χ0n) is 31.2. The lowest BCUT2D eigenvalue weighted by molar-refractivity contribution is -0.121. The van der Waals surface area contributed by atoms with Crippen LogP contribution in [-0.2, 0) is 17.6 Å². The lowest BCUT2D eigenvalue weighted by Crippen LogP contribution is -2.24. The van der Waals surface area contributed by atoms with E-state index in [1.54, 1.807) is 22.7 Å². The number of carbonyl (C=O) groups is 1. The molecule has 2 aromatic heterocycles. The lowest BCUT2D eigenvalue weighted by atomic mass is 9.96. The summed E-state index contributed by atoms with van der Waals surface area (Å²) in [5.74, 6) is 0.0871. The fourth-order valence-electron chi connectivity index (χ4n) is 7.89. The number of halogens is 2. The zero-order chi connectivity index (χ0) is 35.5. The van der Waals surface area contributed by atoms with Crippen LogP contribution in [0.15, 0.2) is 31.1 Å². The maximum Gasteiger partial charge on any atom is 0.264 e. The fraction of sp³-hybridized carbons (Fsp3) is 0.605. The first-order valence-corrected chi connectivity index (χ1v) is 23.1. The molecule has 0 aromatic carbocycles. The molecule has 7 heteroatoms. The summed E-state index contributed by atoms with van der Waals surface area (Å²) < 4.78 is 2.43. The summed E-state index contributed by atoms with van der Waals surface area (Å²) in [6.07, 6.45) is 37.8. The van der Waals surface area contributed by atoms with E-state index >= 15 is 0 Å². The number of amides is 1. The van der Waals surface area contributed by atoms with Crippen LogP contribution in [0.4, 0.5) is 0 Å². The maximum atomic E-state index is 14.2. The Hall–Kier alpha value is -1.41. The van der Waals surface area contributed by atoms with Crippen molar-refractivity contribution in [2.75, 3.05) is 7.05 Å². The van der Waals surface area contributed by atoms with Gasteiger partial charge < -0.3 is 4.90 Å². The number of thiophene rings is 2. The van der Waals surface area contributed by atoms with Gasteiger partial charge in [-0.05, 0) is 93.3 Å². The van der Waals surface area contributed by atoms with Crippen molar-refractivity contribution in [2.24, 2.45) is 0 Å². The van der Waals surface area contributed by atoms with Crippen molar-refractivity contribution >= 4 is 84.0 Å². The number of nitrogens with zero attached hydrogens (tertiary/aromatic N) is 2. The highest BCUT2D eigenvalue weighted by Gasteiger charge is 2.40. The minimum atomic E-state index is 0.0871. The average molecular weight is 845 g/mol. The minimum Gasteiger partial charge on any atom is -0.349 e. The van der Waals surface area contributed by atoms with Crippen LogP contribution in [0, 0.1) is 0 Å². The second-order valence-electron chi connectivity index (χ2n) is 14.7. The summed E-state index contributed by atoms with van der Waals surface area (Å²) >= 11 is 11.5. The van der Waals surface area contributed by atoms with Crippen molar-refractivity contribution in [1.29, 1.82) is 0 Å². The van der Waals surface area contributed by atoms with Gasteiger partial charge in [0.05, 0.1) is 34.3 Å². The first-order valence-electron chi connectivity index (χ1n) is 19.9. The number of rotatable bonds is 22. The molecule has 5 rings (SSSR count). The van der Waals surface area contributed by atoms with E-state index in [0.717, 1.165) is 35.4 Å². The smallest absolute Gasteiger partial charge is 0.264 e. The second-order valence-corrected chi connectivity index (χ2v) is 19.3. The van der Waals surface area contributed by atoms with Crippen molar-refractivity contribution in [1.82, 2.24) is 9.80 Å². The Morgan fingerprint density at radius 3 is 1.44 bits per heavy atom. The standard InChI is InChI=1S/C43H60Br2N2OS2/c1-5-7-9-11-13-15-17-19-21-23-25-34-32-27-29-46(4)38(40(32)50-42(34)45)36-31(3)37-39-33(28-30-47(37)43(36)48)35(41(44)49-39)26-24-22-20-18-16-14-12-10-8-6-2/h27-30H,5-26H2,1-4H3/b38-36+. The van der Waals surface area contributed by atoms with Gasteiger partial charge in [-0.3, -0.25) is 9.69 Å².